The van der Waals surface area contributed by atoms with Crippen molar-refractivity contribution in [2.75, 3.05) is 19.6 Å². The van der Waals surface area contributed by atoms with E-state index in [0.717, 1.165) is 43.1 Å². The first-order valence-corrected chi connectivity index (χ1v) is 11.0. The number of rotatable bonds is 6. The van der Waals surface area contributed by atoms with Crippen molar-refractivity contribution in [1.29, 1.82) is 0 Å². The van der Waals surface area contributed by atoms with Gasteiger partial charge in [0.2, 0.25) is 5.91 Å². The third-order valence-corrected chi connectivity index (χ3v) is 6.79. The summed E-state index contributed by atoms with van der Waals surface area (Å²) in [5.41, 5.74) is 1.65. The second kappa shape index (κ2) is 7.96. The van der Waals surface area contributed by atoms with E-state index in [2.05, 4.69) is 34.5 Å². The van der Waals surface area contributed by atoms with Crippen LogP contribution in [0.25, 0.3) is 0 Å². The van der Waals surface area contributed by atoms with E-state index in [1.165, 1.54) is 0 Å². The molecular weight excluding hydrogens is 390 g/mol. The summed E-state index contributed by atoms with van der Waals surface area (Å²) in [4.78, 5) is 27.1. The molecule has 2 aliphatic rings. The fraction of sp³-hybridized carbons (Fsp3) is 0.458. The molecule has 5 heterocycles. The lowest BCUT2D eigenvalue weighted by Gasteiger charge is -2.28. The zero-order valence-electron chi connectivity index (χ0n) is 18.1. The topological polar surface area (TPSA) is 67.4 Å². The number of carbonyl (C=O) groups excluding carboxylic acids is 1. The molecule has 2 aliphatic heterocycles. The second-order valence-corrected chi connectivity index (χ2v) is 9.14. The van der Waals surface area contributed by atoms with E-state index in [9.17, 15) is 4.79 Å². The molecule has 0 N–H and O–H groups in total. The Balaban J connectivity index is 1.43. The predicted molar refractivity (Wildman–Crippen MR) is 116 cm³/mol. The number of imidazole rings is 1. The molecule has 31 heavy (non-hydrogen) atoms. The minimum atomic E-state index is -0.440. The summed E-state index contributed by atoms with van der Waals surface area (Å²) in [5, 5.41) is 0. The van der Waals surface area contributed by atoms with E-state index in [4.69, 9.17) is 9.40 Å². The number of likely N-dealkylation sites (tertiary alicyclic amines) is 2. The first kappa shape index (κ1) is 20.0. The zero-order chi connectivity index (χ0) is 21.4. The Morgan fingerprint density at radius 1 is 1.26 bits per heavy atom. The number of amides is 1. The SMILES string of the molecule is CC(C)n1cnc(C2CN(Cc3ccco3)CC23CCN(Cc2cccnc2)C3=O)c1. The molecule has 1 amide bonds. The van der Waals surface area contributed by atoms with E-state index in [-0.39, 0.29) is 11.8 Å². The monoisotopic (exact) mass is 419 g/mol. The Morgan fingerprint density at radius 2 is 2.16 bits per heavy atom. The molecule has 3 aromatic rings. The van der Waals surface area contributed by atoms with Crippen LogP contribution in [0.1, 0.15) is 49.2 Å². The Morgan fingerprint density at radius 3 is 2.87 bits per heavy atom. The third-order valence-electron chi connectivity index (χ3n) is 6.79. The third kappa shape index (κ3) is 3.67. The van der Waals surface area contributed by atoms with E-state index >= 15 is 0 Å². The quantitative estimate of drug-likeness (QED) is 0.612. The minimum Gasteiger partial charge on any atom is -0.468 e. The van der Waals surface area contributed by atoms with Gasteiger partial charge in [0, 0.05) is 56.7 Å². The molecule has 7 nitrogen and oxygen atoms in total. The van der Waals surface area contributed by atoms with Gasteiger partial charge in [-0.25, -0.2) is 4.98 Å². The smallest absolute Gasteiger partial charge is 0.231 e. The molecule has 7 heteroatoms. The summed E-state index contributed by atoms with van der Waals surface area (Å²) in [6.45, 7) is 7.93. The van der Waals surface area contributed by atoms with Crippen LogP contribution in [0.5, 0.6) is 0 Å². The fourth-order valence-corrected chi connectivity index (χ4v) is 5.13. The number of furan rings is 1. The fourth-order valence-electron chi connectivity index (χ4n) is 5.13. The molecule has 0 saturated carbocycles. The van der Waals surface area contributed by atoms with E-state index < -0.39 is 5.41 Å². The highest BCUT2D eigenvalue weighted by Gasteiger charge is 2.57. The molecule has 2 unspecified atom stereocenters. The van der Waals surface area contributed by atoms with Crippen molar-refractivity contribution < 1.29 is 9.21 Å². The largest absolute Gasteiger partial charge is 0.468 e. The highest BCUT2D eigenvalue weighted by Crippen LogP contribution is 2.50. The van der Waals surface area contributed by atoms with Crippen LogP contribution in [0.3, 0.4) is 0 Å². The standard InChI is InChI=1S/C24H29N5O2/c1-18(2)29-15-22(26-17-29)21-14-27(13-20-6-4-10-31-20)16-24(21)7-9-28(23(24)30)12-19-5-3-8-25-11-19/h3-6,8,10-11,15,17-18,21H,7,9,12-14,16H2,1-2H3. The van der Waals surface area contributed by atoms with Gasteiger partial charge in [0.15, 0.2) is 0 Å². The number of hydrogen-bond donors (Lipinski definition) is 0. The van der Waals surface area contributed by atoms with Gasteiger partial charge >= 0.3 is 0 Å². The van der Waals surface area contributed by atoms with Crippen LogP contribution in [0.4, 0.5) is 0 Å². The zero-order valence-corrected chi connectivity index (χ0v) is 18.1. The summed E-state index contributed by atoms with van der Waals surface area (Å²) < 4.78 is 7.72. The Bertz CT molecular complexity index is 1030. The van der Waals surface area contributed by atoms with Gasteiger partial charge in [-0.3, -0.25) is 14.7 Å². The molecule has 1 spiro atoms. The number of nitrogens with zero attached hydrogens (tertiary/aromatic N) is 5. The normalized spacial score (nSPS) is 24.2. The molecular formula is C24H29N5O2. The molecule has 0 aliphatic carbocycles. The van der Waals surface area contributed by atoms with Crippen LogP contribution in [0, 0.1) is 5.41 Å². The van der Waals surface area contributed by atoms with Gasteiger partial charge in [-0.15, -0.1) is 0 Å². The van der Waals surface area contributed by atoms with Crippen molar-refractivity contribution in [3.05, 3.63) is 72.5 Å². The van der Waals surface area contributed by atoms with Gasteiger partial charge in [-0.1, -0.05) is 6.07 Å². The van der Waals surface area contributed by atoms with Gasteiger partial charge in [0.1, 0.15) is 5.76 Å². The van der Waals surface area contributed by atoms with Crippen LogP contribution in [0.15, 0.2) is 59.9 Å². The maximum absolute atomic E-state index is 13.8. The molecule has 2 fully saturated rings. The van der Waals surface area contributed by atoms with Crippen LogP contribution in [-0.4, -0.2) is 49.9 Å². The lowest BCUT2D eigenvalue weighted by atomic mass is 9.75. The first-order valence-electron chi connectivity index (χ1n) is 11.0. The average Bonchev–Trinajstić information content (AvgIpc) is 3.55. The van der Waals surface area contributed by atoms with Crippen molar-refractivity contribution >= 4 is 5.91 Å². The summed E-state index contributed by atoms with van der Waals surface area (Å²) >= 11 is 0. The highest BCUT2D eigenvalue weighted by atomic mass is 16.3. The van der Waals surface area contributed by atoms with Crippen LogP contribution < -0.4 is 0 Å². The van der Waals surface area contributed by atoms with Gasteiger partial charge in [-0.05, 0) is 44.0 Å². The van der Waals surface area contributed by atoms with Crippen LogP contribution in [-0.2, 0) is 17.9 Å². The number of aromatic nitrogens is 3. The van der Waals surface area contributed by atoms with Gasteiger partial charge in [0.05, 0.1) is 30.2 Å². The highest BCUT2D eigenvalue weighted by molar-refractivity contribution is 5.86. The maximum Gasteiger partial charge on any atom is 0.231 e. The molecule has 2 saturated heterocycles. The molecule has 162 valence electrons. The van der Waals surface area contributed by atoms with Crippen LogP contribution >= 0.6 is 0 Å². The number of carbonyl (C=O) groups is 1. The van der Waals surface area contributed by atoms with Crippen molar-refractivity contribution in [2.45, 2.75) is 45.3 Å². The summed E-state index contributed by atoms with van der Waals surface area (Å²) in [6, 6.07) is 8.22. The van der Waals surface area contributed by atoms with Crippen molar-refractivity contribution in [2.24, 2.45) is 5.41 Å². The molecule has 0 radical (unpaired) electrons. The van der Waals surface area contributed by atoms with E-state index in [0.29, 0.717) is 19.1 Å². The summed E-state index contributed by atoms with van der Waals surface area (Å²) in [6.07, 6.45) is 10.2. The van der Waals surface area contributed by atoms with Crippen LogP contribution in [0.2, 0.25) is 0 Å². The van der Waals surface area contributed by atoms with Crippen molar-refractivity contribution in [3.63, 3.8) is 0 Å². The summed E-state index contributed by atoms with van der Waals surface area (Å²) in [7, 11) is 0. The minimum absolute atomic E-state index is 0.0776. The first-order chi connectivity index (χ1) is 15.0. The van der Waals surface area contributed by atoms with Crippen molar-refractivity contribution in [1.82, 2.24) is 24.3 Å². The lowest BCUT2D eigenvalue weighted by Crippen LogP contribution is -2.39. The maximum atomic E-state index is 13.8. The second-order valence-electron chi connectivity index (χ2n) is 9.14. The van der Waals surface area contributed by atoms with E-state index in [1.807, 2.05) is 41.7 Å². The summed E-state index contributed by atoms with van der Waals surface area (Å²) in [5.74, 6) is 1.25. The molecule has 0 aromatic carbocycles. The Hall–Kier alpha value is -2.93. The number of hydrogen-bond acceptors (Lipinski definition) is 5. The number of pyridine rings is 1. The predicted octanol–water partition coefficient (Wildman–Crippen LogP) is 3.47. The molecule has 0 bridgehead atoms. The molecule has 5 rings (SSSR count). The van der Waals surface area contributed by atoms with Gasteiger partial charge < -0.3 is 13.9 Å². The van der Waals surface area contributed by atoms with Gasteiger partial charge in [0.25, 0.3) is 0 Å². The lowest BCUT2D eigenvalue weighted by molar-refractivity contribution is -0.136. The Labute approximate surface area is 182 Å². The Kier molecular flexibility index (Phi) is 5.14. The van der Waals surface area contributed by atoms with Crippen molar-refractivity contribution in [3.8, 4) is 0 Å². The average molecular weight is 420 g/mol. The van der Waals surface area contributed by atoms with E-state index in [1.54, 1.807) is 12.5 Å². The molecule has 2 atom stereocenters. The molecule has 3 aromatic heterocycles. The van der Waals surface area contributed by atoms with Gasteiger partial charge in [-0.2, -0.15) is 0 Å².